The predicted octanol–water partition coefficient (Wildman–Crippen LogP) is 3.23. The normalized spacial score (nSPS) is 10.8. The van der Waals surface area contributed by atoms with Crippen LogP contribution in [-0.4, -0.2) is 10.1 Å². The Morgan fingerprint density at radius 1 is 0.900 bits per heavy atom. The van der Waals surface area contributed by atoms with Gasteiger partial charge in [-0.2, -0.15) is 0 Å². The van der Waals surface area contributed by atoms with E-state index in [2.05, 4.69) is 28.5 Å². The zero-order valence-corrected chi connectivity index (χ0v) is 11.1. The van der Waals surface area contributed by atoms with Crippen LogP contribution in [0.3, 0.4) is 0 Å². The quantitative estimate of drug-likeness (QED) is 0.760. The molecule has 2 N–H and O–H groups in total. The molecule has 0 aliphatic carbocycles. The first-order valence-corrected chi connectivity index (χ1v) is 6.63. The summed E-state index contributed by atoms with van der Waals surface area (Å²) in [5.74, 6) is 0.302. The van der Waals surface area contributed by atoms with Gasteiger partial charge in [-0.1, -0.05) is 24.3 Å². The second-order valence-electron chi connectivity index (χ2n) is 4.80. The Bertz CT molecular complexity index is 708. The van der Waals surface area contributed by atoms with E-state index in [-0.39, 0.29) is 0 Å². The second-order valence-corrected chi connectivity index (χ2v) is 4.80. The van der Waals surface area contributed by atoms with Crippen LogP contribution in [0.25, 0.3) is 10.9 Å². The minimum atomic E-state index is 0.302. The molecular weight excluding hydrogens is 248 g/mol. The number of rotatable bonds is 4. The summed E-state index contributed by atoms with van der Waals surface area (Å²) in [7, 11) is 0. The Kier molecular flexibility index (Phi) is 3.61. The van der Waals surface area contributed by atoms with Gasteiger partial charge in [0.15, 0.2) is 0 Å². The maximum Gasteiger partial charge on any atom is 0.115 e. The van der Waals surface area contributed by atoms with Gasteiger partial charge in [0, 0.05) is 24.7 Å². The van der Waals surface area contributed by atoms with Crippen LogP contribution < -0.4 is 5.32 Å². The highest BCUT2D eigenvalue weighted by molar-refractivity contribution is 5.78. The standard InChI is InChI=1S/C17H16N2O/c20-16-6-3-13(4-7-16)11-18-12-14-5-8-17-15(10-14)2-1-9-19-17/h1-10,18,20H,11-12H2. The molecule has 0 saturated heterocycles. The van der Waals surface area contributed by atoms with Gasteiger partial charge in [-0.05, 0) is 41.5 Å². The molecule has 3 rings (SSSR count). The molecule has 20 heavy (non-hydrogen) atoms. The summed E-state index contributed by atoms with van der Waals surface area (Å²) in [5.41, 5.74) is 3.42. The van der Waals surface area contributed by atoms with Gasteiger partial charge in [0.25, 0.3) is 0 Å². The third kappa shape index (κ3) is 2.95. The molecule has 2 aromatic carbocycles. The number of hydrogen-bond acceptors (Lipinski definition) is 3. The molecular formula is C17H16N2O. The van der Waals surface area contributed by atoms with Crippen molar-refractivity contribution in [2.45, 2.75) is 13.1 Å². The third-order valence-electron chi connectivity index (χ3n) is 3.26. The van der Waals surface area contributed by atoms with Crippen LogP contribution in [0.5, 0.6) is 5.75 Å². The molecule has 0 unspecified atom stereocenters. The van der Waals surface area contributed by atoms with Crippen molar-refractivity contribution in [3.8, 4) is 5.75 Å². The van der Waals surface area contributed by atoms with Gasteiger partial charge in [-0.15, -0.1) is 0 Å². The molecule has 3 aromatic rings. The van der Waals surface area contributed by atoms with Crippen molar-refractivity contribution in [3.63, 3.8) is 0 Å². The zero-order chi connectivity index (χ0) is 13.8. The van der Waals surface area contributed by atoms with Gasteiger partial charge < -0.3 is 10.4 Å². The number of aromatic hydroxyl groups is 1. The molecule has 0 atom stereocenters. The number of nitrogens with zero attached hydrogens (tertiary/aromatic N) is 1. The lowest BCUT2D eigenvalue weighted by molar-refractivity contribution is 0.475. The molecule has 0 amide bonds. The van der Waals surface area contributed by atoms with Crippen LogP contribution in [0.2, 0.25) is 0 Å². The molecule has 0 bridgehead atoms. The highest BCUT2D eigenvalue weighted by atomic mass is 16.3. The largest absolute Gasteiger partial charge is 0.508 e. The fraction of sp³-hybridized carbons (Fsp3) is 0.118. The monoisotopic (exact) mass is 264 g/mol. The molecule has 0 fully saturated rings. The predicted molar refractivity (Wildman–Crippen MR) is 80.4 cm³/mol. The molecule has 0 spiro atoms. The number of hydrogen-bond donors (Lipinski definition) is 2. The third-order valence-corrected chi connectivity index (χ3v) is 3.26. The molecule has 0 aliphatic heterocycles. The van der Waals surface area contributed by atoms with Gasteiger partial charge in [-0.3, -0.25) is 4.98 Å². The Morgan fingerprint density at radius 3 is 2.50 bits per heavy atom. The summed E-state index contributed by atoms with van der Waals surface area (Å²) in [4.78, 5) is 4.31. The number of nitrogens with one attached hydrogen (secondary N) is 1. The zero-order valence-electron chi connectivity index (χ0n) is 11.1. The van der Waals surface area contributed by atoms with Crippen molar-refractivity contribution >= 4 is 10.9 Å². The van der Waals surface area contributed by atoms with Crippen LogP contribution in [0.4, 0.5) is 0 Å². The van der Waals surface area contributed by atoms with Gasteiger partial charge in [0.1, 0.15) is 5.75 Å². The number of benzene rings is 2. The summed E-state index contributed by atoms with van der Waals surface area (Å²) >= 11 is 0. The Morgan fingerprint density at radius 2 is 1.65 bits per heavy atom. The lowest BCUT2D eigenvalue weighted by Crippen LogP contribution is -2.12. The average Bonchev–Trinajstić information content (AvgIpc) is 2.49. The molecule has 100 valence electrons. The van der Waals surface area contributed by atoms with Gasteiger partial charge in [0.2, 0.25) is 0 Å². The highest BCUT2D eigenvalue weighted by Crippen LogP contribution is 2.13. The van der Waals surface area contributed by atoms with Gasteiger partial charge in [-0.25, -0.2) is 0 Å². The lowest BCUT2D eigenvalue weighted by atomic mass is 10.1. The first kappa shape index (κ1) is 12.6. The lowest BCUT2D eigenvalue weighted by Gasteiger charge is -2.06. The van der Waals surface area contributed by atoms with Crippen LogP contribution >= 0.6 is 0 Å². The van der Waals surface area contributed by atoms with Gasteiger partial charge in [0.05, 0.1) is 5.52 Å². The van der Waals surface area contributed by atoms with E-state index in [1.165, 1.54) is 5.56 Å². The van der Waals surface area contributed by atoms with E-state index in [9.17, 15) is 5.11 Å². The average molecular weight is 264 g/mol. The minimum Gasteiger partial charge on any atom is -0.508 e. The topological polar surface area (TPSA) is 45.1 Å². The Balaban J connectivity index is 1.63. The van der Waals surface area contributed by atoms with E-state index in [0.29, 0.717) is 5.75 Å². The number of phenols is 1. The van der Waals surface area contributed by atoms with E-state index in [1.54, 1.807) is 12.1 Å². The van der Waals surface area contributed by atoms with Crippen LogP contribution in [0, 0.1) is 0 Å². The summed E-state index contributed by atoms with van der Waals surface area (Å²) in [6.45, 7) is 1.59. The number of aromatic nitrogens is 1. The highest BCUT2D eigenvalue weighted by Gasteiger charge is 1.98. The molecule has 3 heteroatoms. The molecule has 1 heterocycles. The van der Waals surface area contributed by atoms with Gasteiger partial charge >= 0.3 is 0 Å². The van der Waals surface area contributed by atoms with Crippen LogP contribution in [-0.2, 0) is 13.1 Å². The van der Waals surface area contributed by atoms with Crippen molar-refractivity contribution in [1.29, 1.82) is 0 Å². The van der Waals surface area contributed by atoms with Crippen LogP contribution in [0.15, 0.2) is 60.8 Å². The molecule has 1 aromatic heterocycles. The number of pyridine rings is 1. The fourth-order valence-electron chi connectivity index (χ4n) is 2.20. The number of phenolic OH excluding ortho intramolecular Hbond substituents is 1. The summed E-state index contributed by atoms with van der Waals surface area (Å²) in [5, 5.41) is 13.8. The minimum absolute atomic E-state index is 0.302. The summed E-state index contributed by atoms with van der Waals surface area (Å²) in [6, 6.07) is 17.6. The fourth-order valence-corrected chi connectivity index (χ4v) is 2.20. The maximum absolute atomic E-state index is 9.23. The first-order chi connectivity index (χ1) is 9.81. The van der Waals surface area contributed by atoms with E-state index in [1.807, 2.05) is 30.5 Å². The van der Waals surface area contributed by atoms with E-state index in [0.717, 1.165) is 29.6 Å². The van der Waals surface area contributed by atoms with E-state index >= 15 is 0 Å². The maximum atomic E-state index is 9.23. The van der Waals surface area contributed by atoms with Crippen molar-refractivity contribution in [3.05, 3.63) is 71.9 Å². The second kappa shape index (κ2) is 5.72. The summed E-state index contributed by atoms with van der Waals surface area (Å²) in [6.07, 6.45) is 1.81. The SMILES string of the molecule is Oc1ccc(CNCc2ccc3ncccc3c2)cc1. The summed E-state index contributed by atoms with van der Waals surface area (Å²) < 4.78 is 0. The first-order valence-electron chi connectivity index (χ1n) is 6.63. The Labute approximate surface area is 117 Å². The van der Waals surface area contributed by atoms with E-state index < -0.39 is 0 Å². The number of fused-ring (bicyclic) bond motifs is 1. The van der Waals surface area contributed by atoms with Crippen molar-refractivity contribution in [1.82, 2.24) is 10.3 Å². The smallest absolute Gasteiger partial charge is 0.115 e. The molecule has 0 radical (unpaired) electrons. The molecule has 0 saturated carbocycles. The van der Waals surface area contributed by atoms with Crippen LogP contribution in [0.1, 0.15) is 11.1 Å². The van der Waals surface area contributed by atoms with Crippen molar-refractivity contribution in [2.75, 3.05) is 0 Å². The molecule has 3 nitrogen and oxygen atoms in total. The van der Waals surface area contributed by atoms with Crippen molar-refractivity contribution in [2.24, 2.45) is 0 Å². The van der Waals surface area contributed by atoms with E-state index in [4.69, 9.17) is 0 Å². The van der Waals surface area contributed by atoms with Crippen molar-refractivity contribution < 1.29 is 5.11 Å². The Hall–Kier alpha value is -2.39. The molecule has 0 aliphatic rings.